The van der Waals surface area contributed by atoms with Crippen LogP contribution in [0.2, 0.25) is 0 Å². The lowest BCUT2D eigenvalue weighted by Crippen LogP contribution is -2.61. The minimum Gasteiger partial charge on any atom is -0.393 e. The van der Waals surface area contributed by atoms with Crippen LogP contribution in [0, 0.1) is 50.7 Å². The van der Waals surface area contributed by atoms with E-state index < -0.39 is 17.8 Å². The summed E-state index contributed by atoms with van der Waals surface area (Å²) in [4.78, 5) is 0. The Morgan fingerprint density at radius 2 is 1.54 bits per heavy atom. The van der Waals surface area contributed by atoms with Gasteiger partial charge in [0.05, 0.1) is 30.0 Å². The number of aliphatic hydroxyl groups is 5. The molecule has 5 saturated carbocycles. The van der Waals surface area contributed by atoms with E-state index in [4.69, 9.17) is 0 Å². The van der Waals surface area contributed by atoms with E-state index in [2.05, 4.69) is 34.6 Å². The van der Waals surface area contributed by atoms with Crippen LogP contribution in [0.15, 0.2) is 0 Å². The van der Waals surface area contributed by atoms with Crippen molar-refractivity contribution >= 4 is 0 Å². The molecule has 0 bridgehead atoms. The van der Waals surface area contributed by atoms with Gasteiger partial charge in [-0.25, -0.2) is 0 Å². The number of hydrogen-bond acceptors (Lipinski definition) is 5. The van der Waals surface area contributed by atoms with E-state index in [1.807, 2.05) is 0 Å². The van der Waals surface area contributed by atoms with Crippen LogP contribution in [0.1, 0.15) is 106 Å². The molecular weight excluding hydrogens is 440 g/mol. The fraction of sp³-hybridized carbons (Fsp3) is 1.00. The van der Waals surface area contributed by atoms with Crippen LogP contribution in [-0.4, -0.2) is 55.5 Å². The molecule has 202 valence electrons. The van der Waals surface area contributed by atoms with Gasteiger partial charge in [0.15, 0.2) is 0 Å². The van der Waals surface area contributed by atoms with Crippen molar-refractivity contribution in [1.29, 1.82) is 0 Å². The Kier molecular flexibility index (Phi) is 5.80. The zero-order valence-corrected chi connectivity index (χ0v) is 23.2. The molecule has 0 radical (unpaired) electrons. The van der Waals surface area contributed by atoms with Crippen molar-refractivity contribution in [3.05, 3.63) is 0 Å². The van der Waals surface area contributed by atoms with Crippen molar-refractivity contribution in [2.24, 2.45) is 50.7 Å². The van der Waals surface area contributed by atoms with Crippen molar-refractivity contribution in [2.45, 2.75) is 136 Å². The maximum absolute atomic E-state index is 11.6. The van der Waals surface area contributed by atoms with Gasteiger partial charge in [0.2, 0.25) is 0 Å². The quantitative estimate of drug-likeness (QED) is 0.394. The molecule has 0 heterocycles. The third-order valence-corrected chi connectivity index (χ3v) is 13.4. The van der Waals surface area contributed by atoms with Gasteiger partial charge < -0.3 is 25.5 Å². The fourth-order valence-corrected chi connectivity index (χ4v) is 11.5. The van der Waals surface area contributed by atoms with Gasteiger partial charge >= 0.3 is 0 Å². The third-order valence-electron chi connectivity index (χ3n) is 13.4. The normalized spacial score (nSPS) is 54.2. The van der Waals surface area contributed by atoms with Crippen molar-refractivity contribution < 1.29 is 25.5 Å². The summed E-state index contributed by atoms with van der Waals surface area (Å²) >= 11 is 0. The van der Waals surface area contributed by atoms with Crippen LogP contribution in [0.25, 0.3) is 0 Å². The number of aliphatic hydroxyl groups excluding tert-OH is 4. The second-order valence-corrected chi connectivity index (χ2v) is 15.6. The van der Waals surface area contributed by atoms with Gasteiger partial charge in [-0.3, -0.25) is 0 Å². The Bertz CT molecular complexity index is 850. The van der Waals surface area contributed by atoms with Crippen LogP contribution >= 0.6 is 0 Å². The summed E-state index contributed by atoms with van der Waals surface area (Å²) in [5.74, 6) is 0.973. The van der Waals surface area contributed by atoms with Gasteiger partial charge in [-0.2, -0.15) is 0 Å². The molecular formula is C30H52O5. The lowest BCUT2D eigenvalue weighted by atomic mass is 9.41. The Labute approximate surface area is 212 Å². The molecule has 2 spiro atoms. The van der Waals surface area contributed by atoms with Crippen LogP contribution in [-0.2, 0) is 0 Å². The standard InChI is InChI=1S/C30H52O5/c1-17(8-9-22(34)26(4,5)35)23-19(32)15-28(7)20-14-18(31)24-25(2,3)21(33)10-11-30(24)16-29(20,30)13-12-27(23,28)6/h17-24,31-35H,8-16H2,1-7H3/t17-,18+,19+,20+,21+,22+,23-,24+,27-,28+,29+,30-/m1/s1. The second-order valence-electron chi connectivity index (χ2n) is 15.6. The van der Waals surface area contributed by atoms with Crippen molar-refractivity contribution in [3.8, 4) is 0 Å². The SMILES string of the molecule is C[C@H](CC[C@H](O)C(C)(C)O)[C@@H]1[C@@H](O)C[C@@]2(C)[C@@H]3C[C@H](O)[C@H]4C(C)(C)[C@@H](O)CC[C@@]45C[C@@]35CC[C@]12C. The maximum Gasteiger partial charge on any atom is 0.0849 e. The third kappa shape index (κ3) is 3.23. The minimum atomic E-state index is -1.11. The minimum absolute atomic E-state index is 0.0124. The van der Waals surface area contributed by atoms with E-state index in [1.54, 1.807) is 13.8 Å². The van der Waals surface area contributed by atoms with Gasteiger partial charge in [-0.15, -0.1) is 0 Å². The van der Waals surface area contributed by atoms with E-state index in [1.165, 1.54) is 12.8 Å². The molecule has 0 aromatic rings. The molecule has 0 aromatic heterocycles. The number of rotatable bonds is 5. The Morgan fingerprint density at radius 1 is 0.886 bits per heavy atom. The highest BCUT2D eigenvalue weighted by Gasteiger charge is 2.84. The Hall–Kier alpha value is -0.200. The van der Waals surface area contributed by atoms with Gasteiger partial charge in [-0.1, -0.05) is 34.6 Å². The molecule has 5 aliphatic rings. The topological polar surface area (TPSA) is 101 Å². The maximum atomic E-state index is 11.6. The average molecular weight is 493 g/mol. The first kappa shape index (κ1) is 26.4. The Morgan fingerprint density at radius 3 is 2.17 bits per heavy atom. The second kappa shape index (κ2) is 7.68. The summed E-state index contributed by atoms with van der Waals surface area (Å²) < 4.78 is 0. The highest BCUT2D eigenvalue weighted by molar-refractivity contribution is 5.32. The molecule has 5 rings (SSSR count). The molecule has 12 atom stereocenters. The predicted octanol–water partition coefficient (Wildman–Crippen LogP) is 4.28. The average Bonchev–Trinajstić information content (AvgIpc) is 3.32. The molecule has 0 saturated heterocycles. The molecule has 5 nitrogen and oxygen atoms in total. The first-order valence-electron chi connectivity index (χ1n) is 14.4. The van der Waals surface area contributed by atoms with Crippen molar-refractivity contribution in [3.63, 3.8) is 0 Å². The molecule has 0 amide bonds. The monoisotopic (exact) mass is 492 g/mol. The van der Waals surface area contributed by atoms with E-state index in [0.29, 0.717) is 12.3 Å². The lowest BCUT2D eigenvalue weighted by Gasteiger charge is -2.64. The smallest absolute Gasteiger partial charge is 0.0849 e. The van der Waals surface area contributed by atoms with Crippen LogP contribution in [0.5, 0.6) is 0 Å². The summed E-state index contributed by atoms with van der Waals surface area (Å²) in [7, 11) is 0. The van der Waals surface area contributed by atoms with Crippen LogP contribution in [0.4, 0.5) is 0 Å². The Balaban J connectivity index is 1.43. The largest absolute Gasteiger partial charge is 0.393 e. The first-order chi connectivity index (χ1) is 16.0. The summed E-state index contributed by atoms with van der Waals surface area (Å²) in [6, 6.07) is 0. The van der Waals surface area contributed by atoms with Gasteiger partial charge in [-0.05, 0) is 122 Å². The summed E-state index contributed by atoms with van der Waals surface area (Å²) in [6.07, 6.45) is 6.35. The van der Waals surface area contributed by atoms with Gasteiger partial charge in [0.25, 0.3) is 0 Å². The van der Waals surface area contributed by atoms with Crippen LogP contribution < -0.4 is 0 Å². The molecule has 5 fully saturated rings. The molecule has 35 heavy (non-hydrogen) atoms. The van der Waals surface area contributed by atoms with E-state index in [9.17, 15) is 25.5 Å². The number of fused-ring (bicyclic) bond motifs is 2. The molecule has 0 unspecified atom stereocenters. The van der Waals surface area contributed by atoms with E-state index in [0.717, 1.165) is 38.5 Å². The zero-order valence-electron chi connectivity index (χ0n) is 23.2. The predicted molar refractivity (Wildman–Crippen MR) is 136 cm³/mol. The molecule has 5 heteroatoms. The highest BCUT2D eigenvalue weighted by atomic mass is 16.3. The zero-order chi connectivity index (χ0) is 26.0. The van der Waals surface area contributed by atoms with Crippen molar-refractivity contribution in [1.82, 2.24) is 0 Å². The highest BCUT2D eigenvalue weighted by Crippen LogP contribution is 2.89. The molecule has 5 aliphatic carbocycles. The molecule has 5 N–H and O–H groups in total. The summed E-state index contributed by atoms with van der Waals surface area (Å²) in [6.45, 7) is 14.7. The van der Waals surface area contributed by atoms with Crippen LogP contribution in [0.3, 0.4) is 0 Å². The fourth-order valence-electron chi connectivity index (χ4n) is 11.5. The molecule has 0 aromatic carbocycles. The summed E-state index contributed by atoms with van der Waals surface area (Å²) in [5.41, 5.74) is -1.03. The lowest BCUT2D eigenvalue weighted by molar-refractivity contribution is -0.198. The van der Waals surface area contributed by atoms with E-state index >= 15 is 0 Å². The van der Waals surface area contributed by atoms with Gasteiger partial charge in [0.1, 0.15) is 0 Å². The van der Waals surface area contributed by atoms with Crippen molar-refractivity contribution in [2.75, 3.05) is 0 Å². The first-order valence-corrected chi connectivity index (χ1v) is 14.4. The molecule has 0 aliphatic heterocycles. The number of hydrogen-bond donors (Lipinski definition) is 5. The van der Waals surface area contributed by atoms with Gasteiger partial charge in [0, 0.05) is 0 Å². The summed E-state index contributed by atoms with van der Waals surface area (Å²) in [5, 5.41) is 54.7. The van der Waals surface area contributed by atoms with E-state index in [-0.39, 0.29) is 57.0 Å².